The Morgan fingerprint density at radius 3 is 2.40 bits per heavy atom. The fraction of sp³-hybridized carbons (Fsp3) is 0.875. The number of rotatable bonds is 2. The van der Waals surface area contributed by atoms with Crippen LogP contribution in [0.1, 0.15) is 32.6 Å². The molecule has 0 aromatic heterocycles. The maximum Gasteiger partial charge on any atom is 0.164 e. The van der Waals surface area contributed by atoms with Crippen molar-refractivity contribution in [2.75, 3.05) is 0 Å². The van der Waals surface area contributed by atoms with Gasteiger partial charge in [-0.25, -0.2) is 4.39 Å². The van der Waals surface area contributed by atoms with Crippen LogP contribution in [0.3, 0.4) is 0 Å². The van der Waals surface area contributed by atoms with Gasteiger partial charge in [-0.3, -0.25) is 4.79 Å². The predicted octanol–water partition coefficient (Wildman–Crippen LogP) is 2.10. The Morgan fingerprint density at radius 2 is 2.00 bits per heavy atom. The van der Waals surface area contributed by atoms with E-state index in [0.717, 1.165) is 25.7 Å². The molecule has 0 spiro atoms. The summed E-state index contributed by atoms with van der Waals surface area (Å²) in [6, 6.07) is 0. The van der Waals surface area contributed by atoms with E-state index in [1.807, 2.05) is 0 Å². The highest BCUT2D eigenvalue weighted by Crippen LogP contribution is 2.29. The van der Waals surface area contributed by atoms with E-state index in [2.05, 4.69) is 0 Å². The summed E-state index contributed by atoms with van der Waals surface area (Å²) in [6.07, 6.45) is 2.82. The Kier molecular flexibility index (Phi) is 2.41. The second-order valence-electron chi connectivity index (χ2n) is 3.06. The summed E-state index contributed by atoms with van der Waals surface area (Å²) in [5.74, 6) is -0.260. The van der Waals surface area contributed by atoms with Crippen molar-refractivity contribution in [1.29, 1.82) is 0 Å². The molecule has 0 saturated heterocycles. The molecule has 1 atom stereocenters. The third-order valence-corrected chi connectivity index (χ3v) is 2.20. The van der Waals surface area contributed by atoms with Crippen molar-refractivity contribution >= 4 is 5.78 Å². The molecule has 0 N–H and O–H groups in total. The molecule has 0 aliphatic heterocycles. The Morgan fingerprint density at radius 1 is 1.50 bits per heavy atom. The normalized spacial score (nSPS) is 23.0. The number of carbonyl (C=O) groups excluding carboxylic acids is 1. The van der Waals surface area contributed by atoms with Gasteiger partial charge in [-0.05, 0) is 25.7 Å². The molecule has 58 valence electrons. The number of carbonyl (C=O) groups is 1. The van der Waals surface area contributed by atoms with E-state index in [1.54, 1.807) is 0 Å². The van der Waals surface area contributed by atoms with Gasteiger partial charge in [0, 0.05) is 0 Å². The van der Waals surface area contributed by atoms with Gasteiger partial charge < -0.3 is 0 Å². The third kappa shape index (κ3) is 1.55. The Hall–Kier alpha value is -0.400. The monoisotopic (exact) mass is 144 g/mol. The highest BCUT2D eigenvalue weighted by atomic mass is 19.1. The SMILES string of the molecule is CC(=O)C(F)C1CCCC1. The van der Waals surface area contributed by atoms with Gasteiger partial charge in [0.2, 0.25) is 0 Å². The van der Waals surface area contributed by atoms with Crippen LogP contribution >= 0.6 is 0 Å². The number of ketones is 1. The standard InChI is InChI=1S/C8H13FO/c1-6(10)8(9)7-4-2-3-5-7/h7-8H,2-5H2,1H3. The van der Waals surface area contributed by atoms with E-state index in [4.69, 9.17) is 0 Å². The first-order valence-corrected chi connectivity index (χ1v) is 3.86. The lowest BCUT2D eigenvalue weighted by molar-refractivity contribution is -0.123. The number of hydrogen-bond donors (Lipinski definition) is 0. The van der Waals surface area contributed by atoms with Crippen LogP contribution in [0.25, 0.3) is 0 Å². The second kappa shape index (κ2) is 3.13. The molecule has 0 amide bonds. The molecule has 0 heterocycles. The van der Waals surface area contributed by atoms with E-state index in [0.29, 0.717) is 0 Å². The van der Waals surface area contributed by atoms with Crippen LogP contribution in [0.15, 0.2) is 0 Å². The zero-order chi connectivity index (χ0) is 7.56. The topological polar surface area (TPSA) is 17.1 Å². The van der Waals surface area contributed by atoms with Crippen molar-refractivity contribution < 1.29 is 9.18 Å². The predicted molar refractivity (Wildman–Crippen MR) is 37.5 cm³/mol. The van der Waals surface area contributed by atoms with Crippen LogP contribution in [-0.4, -0.2) is 12.0 Å². The molecule has 0 aromatic rings. The van der Waals surface area contributed by atoms with Crippen LogP contribution in [0.5, 0.6) is 0 Å². The van der Waals surface area contributed by atoms with Gasteiger partial charge in [-0.2, -0.15) is 0 Å². The summed E-state index contributed by atoms with van der Waals surface area (Å²) in [5, 5.41) is 0. The largest absolute Gasteiger partial charge is 0.297 e. The van der Waals surface area contributed by atoms with E-state index in [-0.39, 0.29) is 11.7 Å². The maximum absolute atomic E-state index is 12.9. The minimum atomic E-state index is -1.18. The van der Waals surface area contributed by atoms with Crippen LogP contribution in [0.2, 0.25) is 0 Å². The van der Waals surface area contributed by atoms with Crippen molar-refractivity contribution in [2.45, 2.75) is 38.8 Å². The molecule has 2 heteroatoms. The molecule has 1 aliphatic rings. The van der Waals surface area contributed by atoms with E-state index in [9.17, 15) is 9.18 Å². The third-order valence-electron chi connectivity index (χ3n) is 2.20. The van der Waals surface area contributed by atoms with Crippen molar-refractivity contribution in [1.82, 2.24) is 0 Å². The molecule has 1 nitrogen and oxygen atoms in total. The molecular formula is C8H13FO. The fourth-order valence-electron chi connectivity index (χ4n) is 1.58. The molecule has 1 fully saturated rings. The Balaban J connectivity index is 2.39. The highest BCUT2D eigenvalue weighted by molar-refractivity contribution is 5.80. The summed E-state index contributed by atoms with van der Waals surface area (Å²) >= 11 is 0. The van der Waals surface area contributed by atoms with Crippen LogP contribution < -0.4 is 0 Å². The van der Waals surface area contributed by atoms with Crippen molar-refractivity contribution in [2.24, 2.45) is 5.92 Å². The van der Waals surface area contributed by atoms with Crippen molar-refractivity contribution in [3.8, 4) is 0 Å². The Labute approximate surface area is 60.6 Å². The first kappa shape index (κ1) is 7.70. The molecule has 10 heavy (non-hydrogen) atoms. The molecule has 1 rings (SSSR count). The zero-order valence-electron chi connectivity index (χ0n) is 6.27. The summed E-state index contributed by atoms with van der Waals surface area (Å²) in [7, 11) is 0. The first-order chi connectivity index (χ1) is 4.72. The zero-order valence-corrected chi connectivity index (χ0v) is 6.27. The van der Waals surface area contributed by atoms with Gasteiger partial charge in [-0.1, -0.05) is 12.8 Å². The Bertz CT molecular complexity index is 127. The number of halogens is 1. The quantitative estimate of drug-likeness (QED) is 0.580. The highest BCUT2D eigenvalue weighted by Gasteiger charge is 2.27. The first-order valence-electron chi connectivity index (χ1n) is 3.86. The van der Waals surface area contributed by atoms with Crippen molar-refractivity contribution in [3.05, 3.63) is 0 Å². The van der Waals surface area contributed by atoms with Crippen LogP contribution in [0.4, 0.5) is 4.39 Å². The summed E-state index contributed by atoms with van der Waals surface area (Å²) in [4.78, 5) is 10.6. The average molecular weight is 144 g/mol. The molecule has 0 radical (unpaired) electrons. The molecule has 1 unspecified atom stereocenters. The maximum atomic E-state index is 12.9. The summed E-state index contributed by atoms with van der Waals surface area (Å²) < 4.78 is 12.9. The van der Waals surface area contributed by atoms with E-state index < -0.39 is 6.17 Å². The van der Waals surface area contributed by atoms with Gasteiger partial charge in [0.05, 0.1) is 0 Å². The van der Waals surface area contributed by atoms with Crippen LogP contribution in [-0.2, 0) is 4.79 Å². The van der Waals surface area contributed by atoms with Crippen LogP contribution in [0, 0.1) is 5.92 Å². The lowest BCUT2D eigenvalue weighted by Crippen LogP contribution is -2.20. The summed E-state index contributed by atoms with van der Waals surface area (Å²) in [5.41, 5.74) is 0. The minimum Gasteiger partial charge on any atom is -0.297 e. The lowest BCUT2D eigenvalue weighted by atomic mass is 10.00. The molecule has 0 aromatic carbocycles. The number of hydrogen-bond acceptors (Lipinski definition) is 1. The van der Waals surface area contributed by atoms with Gasteiger partial charge in [0.15, 0.2) is 12.0 Å². The minimum absolute atomic E-state index is 0.0394. The van der Waals surface area contributed by atoms with E-state index in [1.165, 1.54) is 6.92 Å². The van der Waals surface area contributed by atoms with Gasteiger partial charge in [-0.15, -0.1) is 0 Å². The number of Topliss-reactive ketones (excluding diaryl/α,β-unsaturated/α-hetero) is 1. The molecule has 1 aliphatic carbocycles. The van der Waals surface area contributed by atoms with Crippen molar-refractivity contribution in [3.63, 3.8) is 0 Å². The molecular weight excluding hydrogens is 131 g/mol. The molecule has 0 bridgehead atoms. The fourth-order valence-corrected chi connectivity index (χ4v) is 1.58. The average Bonchev–Trinajstić information content (AvgIpc) is 2.36. The van der Waals surface area contributed by atoms with Gasteiger partial charge >= 0.3 is 0 Å². The van der Waals surface area contributed by atoms with E-state index >= 15 is 0 Å². The summed E-state index contributed by atoms with van der Waals surface area (Å²) in [6.45, 7) is 1.34. The number of alkyl halides is 1. The smallest absolute Gasteiger partial charge is 0.164 e. The molecule has 1 saturated carbocycles. The lowest BCUT2D eigenvalue weighted by Gasteiger charge is -2.10. The van der Waals surface area contributed by atoms with Gasteiger partial charge in [0.1, 0.15) is 0 Å². The van der Waals surface area contributed by atoms with Gasteiger partial charge in [0.25, 0.3) is 0 Å². The second-order valence-corrected chi connectivity index (χ2v) is 3.06.